The molecule has 1 heterocycles. The summed E-state index contributed by atoms with van der Waals surface area (Å²) in [5.74, 6) is -1.39. The number of thiazole rings is 1. The number of halogens is 2. The Morgan fingerprint density at radius 2 is 2.05 bits per heavy atom. The minimum Gasteiger partial charge on any atom is -0.298 e. The average Bonchev–Trinajstić information content (AvgIpc) is 2.70. The van der Waals surface area contributed by atoms with Gasteiger partial charge in [0.2, 0.25) is 0 Å². The number of hydrogen-bond donors (Lipinski definition) is 1. The number of carbonyl (C=O) groups is 1. The SMILES string of the molecule is Cc1nc(NC(=O)c2ccccc2F)sc1S(=O)(=O)Cl. The molecule has 0 aliphatic heterocycles. The van der Waals surface area contributed by atoms with Crippen LogP contribution in [0.5, 0.6) is 0 Å². The number of rotatable bonds is 3. The summed E-state index contributed by atoms with van der Waals surface area (Å²) < 4.78 is 35.8. The molecule has 0 bridgehead atoms. The molecule has 1 aromatic carbocycles. The summed E-state index contributed by atoms with van der Waals surface area (Å²) in [6, 6.07) is 5.43. The zero-order chi connectivity index (χ0) is 14.9. The summed E-state index contributed by atoms with van der Waals surface area (Å²) in [4.78, 5) is 15.7. The van der Waals surface area contributed by atoms with Crippen molar-refractivity contribution in [3.63, 3.8) is 0 Å². The standard InChI is InChI=1S/C11H8ClFN2O3S2/c1-6-10(20(12,17)18)19-11(14-6)15-9(16)7-4-2-3-5-8(7)13/h2-5H,1H3,(H,14,15,16). The van der Waals surface area contributed by atoms with Crippen molar-refractivity contribution < 1.29 is 17.6 Å². The molecule has 0 aliphatic rings. The summed E-state index contributed by atoms with van der Waals surface area (Å²) in [6.07, 6.45) is 0. The van der Waals surface area contributed by atoms with E-state index in [9.17, 15) is 17.6 Å². The van der Waals surface area contributed by atoms with Gasteiger partial charge in [-0.25, -0.2) is 17.8 Å². The van der Waals surface area contributed by atoms with Gasteiger partial charge in [-0.05, 0) is 19.1 Å². The molecule has 0 spiro atoms. The lowest BCUT2D eigenvalue weighted by Crippen LogP contribution is -2.13. The Hall–Kier alpha value is -1.51. The van der Waals surface area contributed by atoms with E-state index in [0.717, 1.165) is 6.07 Å². The number of anilines is 1. The predicted molar refractivity (Wildman–Crippen MR) is 74.2 cm³/mol. The summed E-state index contributed by atoms with van der Waals surface area (Å²) in [7, 11) is 1.31. The number of hydrogen-bond acceptors (Lipinski definition) is 5. The van der Waals surface area contributed by atoms with Gasteiger partial charge in [0.25, 0.3) is 15.0 Å². The molecule has 0 radical (unpaired) electrons. The lowest BCUT2D eigenvalue weighted by molar-refractivity contribution is 0.102. The molecule has 0 unspecified atom stereocenters. The molecule has 2 rings (SSSR count). The number of nitrogens with zero attached hydrogens (tertiary/aromatic N) is 1. The molecule has 106 valence electrons. The number of nitrogens with one attached hydrogen (secondary N) is 1. The second kappa shape index (κ2) is 5.47. The van der Waals surface area contributed by atoms with Crippen LogP contribution in [0.2, 0.25) is 0 Å². The van der Waals surface area contributed by atoms with Crippen LogP contribution in [0, 0.1) is 12.7 Å². The normalized spacial score (nSPS) is 11.3. The van der Waals surface area contributed by atoms with Crippen LogP contribution in [0.4, 0.5) is 9.52 Å². The van der Waals surface area contributed by atoms with Crippen LogP contribution in [0.1, 0.15) is 16.1 Å². The Morgan fingerprint density at radius 1 is 1.40 bits per heavy atom. The molecular weight excluding hydrogens is 327 g/mol. The second-order valence-corrected chi connectivity index (χ2v) is 7.52. The van der Waals surface area contributed by atoms with Gasteiger partial charge in [0.05, 0.1) is 11.3 Å². The van der Waals surface area contributed by atoms with Gasteiger partial charge in [-0.1, -0.05) is 23.5 Å². The maximum absolute atomic E-state index is 13.4. The molecule has 0 saturated carbocycles. The van der Waals surface area contributed by atoms with E-state index in [4.69, 9.17) is 10.7 Å². The van der Waals surface area contributed by atoms with E-state index < -0.39 is 20.8 Å². The van der Waals surface area contributed by atoms with Crippen LogP contribution < -0.4 is 5.32 Å². The zero-order valence-corrected chi connectivity index (χ0v) is 12.4. The first-order valence-corrected chi connectivity index (χ1v) is 8.39. The molecule has 1 amide bonds. The van der Waals surface area contributed by atoms with Crippen LogP contribution in [0.15, 0.2) is 28.5 Å². The first kappa shape index (κ1) is 14.9. The molecule has 1 N–H and O–H groups in total. The number of carbonyl (C=O) groups excluding carboxylic acids is 1. The third kappa shape index (κ3) is 3.14. The van der Waals surface area contributed by atoms with Crippen molar-refractivity contribution in [2.75, 3.05) is 5.32 Å². The van der Waals surface area contributed by atoms with Crippen LogP contribution in [-0.4, -0.2) is 19.3 Å². The lowest BCUT2D eigenvalue weighted by atomic mass is 10.2. The molecular formula is C11H8ClFN2O3S2. The fourth-order valence-corrected chi connectivity index (χ4v) is 3.82. The van der Waals surface area contributed by atoms with Crippen LogP contribution in [-0.2, 0) is 9.05 Å². The first-order valence-electron chi connectivity index (χ1n) is 5.27. The van der Waals surface area contributed by atoms with Crippen LogP contribution >= 0.6 is 22.0 Å². The van der Waals surface area contributed by atoms with E-state index in [1.54, 1.807) is 0 Å². The maximum Gasteiger partial charge on any atom is 0.272 e. The third-order valence-corrected chi connectivity index (χ3v) is 5.57. The van der Waals surface area contributed by atoms with Gasteiger partial charge < -0.3 is 0 Å². The van der Waals surface area contributed by atoms with Crippen molar-refractivity contribution in [1.29, 1.82) is 0 Å². The highest BCUT2D eigenvalue weighted by Gasteiger charge is 2.21. The summed E-state index contributed by atoms with van der Waals surface area (Å²) in [5, 5.41) is 2.37. The molecule has 0 saturated heterocycles. The Bertz CT molecular complexity index is 774. The van der Waals surface area contributed by atoms with E-state index in [1.165, 1.54) is 25.1 Å². The molecule has 2 aromatic rings. The Kier molecular flexibility index (Phi) is 4.07. The quantitative estimate of drug-likeness (QED) is 0.876. The van der Waals surface area contributed by atoms with Crippen LogP contribution in [0.3, 0.4) is 0 Å². The van der Waals surface area contributed by atoms with Gasteiger partial charge in [0, 0.05) is 10.7 Å². The van der Waals surface area contributed by atoms with Crippen molar-refractivity contribution >= 4 is 42.1 Å². The first-order chi connectivity index (χ1) is 9.29. The highest BCUT2D eigenvalue weighted by atomic mass is 35.7. The second-order valence-electron chi connectivity index (χ2n) is 3.76. The van der Waals surface area contributed by atoms with E-state index in [2.05, 4.69) is 10.3 Å². The zero-order valence-electron chi connectivity index (χ0n) is 10.1. The Labute approximate surface area is 122 Å². The predicted octanol–water partition coefficient (Wildman–Crippen LogP) is 2.77. The van der Waals surface area contributed by atoms with Crippen LogP contribution in [0.25, 0.3) is 0 Å². The van der Waals surface area contributed by atoms with Gasteiger partial charge in [0.1, 0.15) is 5.82 Å². The minimum absolute atomic E-state index is 0.0370. The average molecular weight is 335 g/mol. The van der Waals surface area contributed by atoms with Crippen molar-refractivity contribution in [2.24, 2.45) is 0 Å². The summed E-state index contributed by atoms with van der Waals surface area (Å²) in [6.45, 7) is 1.45. The third-order valence-electron chi connectivity index (χ3n) is 2.31. The van der Waals surface area contributed by atoms with Gasteiger partial charge in [-0.3, -0.25) is 10.1 Å². The molecule has 20 heavy (non-hydrogen) atoms. The van der Waals surface area contributed by atoms with E-state index in [1.807, 2.05) is 0 Å². The van der Waals surface area contributed by atoms with E-state index >= 15 is 0 Å². The maximum atomic E-state index is 13.4. The van der Waals surface area contributed by atoms with Gasteiger partial charge in [-0.2, -0.15) is 0 Å². The van der Waals surface area contributed by atoms with Gasteiger partial charge >= 0.3 is 0 Å². The van der Waals surface area contributed by atoms with Crippen molar-refractivity contribution in [3.8, 4) is 0 Å². The molecule has 9 heteroatoms. The molecule has 0 atom stereocenters. The molecule has 1 aromatic heterocycles. The van der Waals surface area contributed by atoms with E-state index in [0.29, 0.717) is 11.3 Å². The molecule has 0 fully saturated rings. The smallest absolute Gasteiger partial charge is 0.272 e. The molecule has 0 aliphatic carbocycles. The Balaban J connectivity index is 2.28. The van der Waals surface area contributed by atoms with Gasteiger partial charge in [-0.15, -0.1) is 0 Å². The van der Waals surface area contributed by atoms with Crippen molar-refractivity contribution in [2.45, 2.75) is 11.1 Å². The fourth-order valence-electron chi connectivity index (χ4n) is 1.47. The number of benzene rings is 1. The van der Waals surface area contributed by atoms with Crippen molar-refractivity contribution in [1.82, 2.24) is 4.98 Å². The summed E-state index contributed by atoms with van der Waals surface area (Å²) in [5.41, 5.74) is 0.0180. The topological polar surface area (TPSA) is 76.1 Å². The Morgan fingerprint density at radius 3 is 2.60 bits per heavy atom. The highest BCUT2D eigenvalue weighted by molar-refractivity contribution is 8.15. The number of aryl methyl sites for hydroxylation is 1. The monoisotopic (exact) mass is 334 g/mol. The summed E-state index contributed by atoms with van der Waals surface area (Å²) >= 11 is 0.710. The minimum atomic E-state index is -3.92. The largest absolute Gasteiger partial charge is 0.298 e. The highest BCUT2D eigenvalue weighted by Crippen LogP contribution is 2.29. The number of aromatic nitrogens is 1. The number of amides is 1. The van der Waals surface area contributed by atoms with Gasteiger partial charge in [0.15, 0.2) is 9.34 Å². The fraction of sp³-hybridized carbons (Fsp3) is 0.0909. The lowest BCUT2D eigenvalue weighted by Gasteiger charge is -2.02. The molecule has 5 nitrogen and oxygen atoms in total. The van der Waals surface area contributed by atoms with Crippen molar-refractivity contribution in [3.05, 3.63) is 41.3 Å². The van der Waals surface area contributed by atoms with E-state index in [-0.39, 0.29) is 20.6 Å².